The maximum absolute atomic E-state index is 12.9. The van der Waals surface area contributed by atoms with Crippen molar-refractivity contribution in [2.24, 2.45) is 5.92 Å². The summed E-state index contributed by atoms with van der Waals surface area (Å²) in [5, 5.41) is 11.5. The zero-order chi connectivity index (χ0) is 19.2. The molecule has 1 rings (SSSR count). The molecule has 0 aliphatic heterocycles. The second-order valence-electron chi connectivity index (χ2n) is 6.07. The van der Waals surface area contributed by atoms with Crippen molar-refractivity contribution in [3.63, 3.8) is 0 Å². The summed E-state index contributed by atoms with van der Waals surface area (Å²) in [5.74, 6) is -2.45. The van der Waals surface area contributed by atoms with Crippen LogP contribution < -0.4 is 10.0 Å². The Labute approximate surface area is 146 Å². The summed E-state index contributed by atoms with van der Waals surface area (Å²) in [6, 6.07) is 1.93. The van der Waals surface area contributed by atoms with E-state index in [0.29, 0.717) is 0 Å². The number of sulfonamides is 1. The van der Waals surface area contributed by atoms with E-state index in [1.54, 1.807) is 6.92 Å². The number of amides is 1. The lowest BCUT2D eigenvalue weighted by atomic mass is 10.0. The lowest BCUT2D eigenvalue weighted by molar-refractivity contribution is -0.142. The van der Waals surface area contributed by atoms with E-state index in [0.717, 1.165) is 24.3 Å². The third kappa shape index (κ3) is 6.43. The fourth-order valence-electron chi connectivity index (χ4n) is 2.16. The maximum atomic E-state index is 12.9. The molecule has 25 heavy (non-hydrogen) atoms. The summed E-state index contributed by atoms with van der Waals surface area (Å²) in [6.07, 6.45) is 0.350. The van der Waals surface area contributed by atoms with Gasteiger partial charge in [0, 0.05) is 0 Å². The highest BCUT2D eigenvalue weighted by Crippen LogP contribution is 2.12. The van der Waals surface area contributed by atoms with E-state index < -0.39 is 39.8 Å². The van der Waals surface area contributed by atoms with Crippen molar-refractivity contribution >= 4 is 21.9 Å². The molecule has 1 aromatic carbocycles. The largest absolute Gasteiger partial charge is 0.480 e. The van der Waals surface area contributed by atoms with Crippen LogP contribution in [-0.4, -0.2) is 37.5 Å². The van der Waals surface area contributed by atoms with Gasteiger partial charge in [0.25, 0.3) is 0 Å². The number of nitrogens with one attached hydrogen (secondary N) is 2. The fourth-order valence-corrected chi connectivity index (χ4v) is 3.44. The summed E-state index contributed by atoms with van der Waals surface area (Å²) < 4.78 is 39.7. The number of rotatable bonds is 9. The summed E-state index contributed by atoms with van der Waals surface area (Å²) in [6.45, 7) is 5.23. The number of carboxylic acid groups (broad SMARTS) is 1. The molecule has 1 amide bonds. The van der Waals surface area contributed by atoms with Gasteiger partial charge in [0.15, 0.2) is 0 Å². The normalized spacial score (nSPS) is 14.1. The number of carboxylic acids is 1. The Morgan fingerprint density at radius 3 is 2.16 bits per heavy atom. The molecular formula is C16H23FN2O5S. The van der Waals surface area contributed by atoms with E-state index in [4.69, 9.17) is 0 Å². The molecule has 3 N–H and O–H groups in total. The molecule has 0 aliphatic carbocycles. The molecule has 0 aliphatic rings. The van der Waals surface area contributed by atoms with Crippen LogP contribution in [0.15, 0.2) is 29.2 Å². The van der Waals surface area contributed by atoms with Crippen LogP contribution in [-0.2, 0) is 19.6 Å². The second kappa shape index (κ2) is 8.91. The minimum absolute atomic E-state index is 0.0392. The van der Waals surface area contributed by atoms with E-state index in [2.05, 4.69) is 10.0 Å². The quantitative estimate of drug-likeness (QED) is 0.606. The molecule has 7 nitrogen and oxygen atoms in total. The van der Waals surface area contributed by atoms with Crippen LogP contribution in [0.25, 0.3) is 0 Å². The van der Waals surface area contributed by atoms with Crippen molar-refractivity contribution in [2.75, 3.05) is 0 Å². The van der Waals surface area contributed by atoms with Crippen molar-refractivity contribution in [3.8, 4) is 0 Å². The summed E-state index contributed by atoms with van der Waals surface area (Å²) >= 11 is 0. The highest BCUT2D eigenvalue weighted by molar-refractivity contribution is 7.89. The predicted octanol–water partition coefficient (Wildman–Crippen LogP) is 1.50. The Hall–Kier alpha value is -2.00. The number of halogens is 1. The van der Waals surface area contributed by atoms with Gasteiger partial charge in [-0.15, -0.1) is 0 Å². The summed E-state index contributed by atoms with van der Waals surface area (Å²) in [4.78, 5) is 23.3. The molecule has 0 saturated carbocycles. The second-order valence-corrected chi connectivity index (χ2v) is 7.78. The van der Waals surface area contributed by atoms with Gasteiger partial charge in [0.05, 0.1) is 4.90 Å². The number of aliphatic carboxylic acids is 1. The van der Waals surface area contributed by atoms with Gasteiger partial charge in [0.1, 0.15) is 17.9 Å². The molecule has 0 saturated heterocycles. The van der Waals surface area contributed by atoms with E-state index in [9.17, 15) is 27.5 Å². The molecule has 0 heterocycles. The number of carbonyl (C=O) groups is 2. The van der Waals surface area contributed by atoms with Gasteiger partial charge in [-0.2, -0.15) is 4.72 Å². The van der Waals surface area contributed by atoms with Crippen molar-refractivity contribution < 1.29 is 27.5 Å². The molecule has 0 spiro atoms. The van der Waals surface area contributed by atoms with E-state index >= 15 is 0 Å². The third-order valence-electron chi connectivity index (χ3n) is 3.47. The smallest absolute Gasteiger partial charge is 0.326 e. The Balaban J connectivity index is 2.88. The summed E-state index contributed by atoms with van der Waals surface area (Å²) in [7, 11) is -4.04. The Morgan fingerprint density at radius 1 is 1.16 bits per heavy atom. The zero-order valence-electron chi connectivity index (χ0n) is 14.3. The van der Waals surface area contributed by atoms with Gasteiger partial charge in [-0.1, -0.05) is 20.8 Å². The first kappa shape index (κ1) is 21.0. The number of hydrogen-bond donors (Lipinski definition) is 3. The van der Waals surface area contributed by atoms with E-state index in [1.807, 2.05) is 13.8 Å². The Bertz CT molecular complexity index is 704. The van der Waals surface area contributed by atoms with Crippen molar-refractivity contribution in [1.29, 1.82) is 0 Å². The van der Waals surface area contributed by atoms with Gasteiger partial charge < -0.3 is 10.4 Å². The summed E-state index contributed by atoms with van der Waals surface area (Å²) in [5.41, 5.74) is 0. The highest BCUT2D eigenvalue weighted by atomic mass is 32.2. The van der Waals surface area contributed by atoms with Crippen molar-refractivity contribution in [3.05, 3.63) is 30.1 Å². The molecule has 2 atom stereocenters. The maximum Gasteiger partial charge on any atom is 0.326 e. The van der Waals surface area contributed by atoms with Crippen LogP contribution in [0.3, 0.4) is 0 Å². The van der Waals surface area contributed by atoms with Crippen LogP contribution in [0.5, 0.6) is 0 Å². The SMILES string of the molecule is CCC(NS(=O)(=O)c1ccc(F)cc1)C(=O)NC(CC(C)C)C(=O)O. The van der Waals surface area contributed by atoms with Crippen LogP contribution >= 0.6 is 0 Å². The first-order chi connectivity index (χ1) is 11.6. The topological polar surface area (TPSA) is 113 Å². The molecule has 0 bridgehead atoms. The Kier molecular flexibility index (Phi) is 7.50. The van der Waals surface area contributed by atoms with Crippen LogP contribution in [0.4, 0.5) is 4.39 Å². The van der Waals surface area contributed by atoms with Gasteiger partial charge >= 0.3 is 5.97 Å². The molecule has 0 fully saturated rings. The Morgan fingerprint density at radius 2 is 1.72 bits per heavy atom. The fraction of sp³-hybridized carbons (Fsp3) is 0.500. The standard InChI is InChI=1S/C16H23FN2O5S/c1-4-13(15(20)18-14(16(21)22)9-10(2)3)19-25(23,24)12-7-5-11(17)6-8-12/h5-8,10,13-14,19H,4,9H2,1-3H3,(H,18,20)(H,21,22). The molecule has 0 radical (unpaired) electrons. The predicted molar refractivity (Wildman–Crippen MR) is 89.8 cm³/mol. The van der Waals surface area contributed by atoms with Crippen LogP contribution in [0.2, 0.25) is 0 Å². The van der Waals surface area contributed by atoms with Crippen molar-refractivity contribution in [1.82, 2.24) is 10.0 Å². The average Bonchev–Trinajstić information content (AvgIpc) is 2.51. The number of carbonyl (C=O) groups excluding carboxylic acids is 1. The molecule has 9 heteroatoms. The monoisotopic (exact) mass is 374 g/mol. The van der Waals surface area contributed by atoms with Crippen LogP contribution in [0.1, 0.15) is 33.6 Å². The third-order valence-corrected chi connectivity index (χ3v) is 4.96. The van der Waals surface area contributed by atoms with Gasteiger partial charge in [-0.05, 0) is 43.0 Å². The van der Waals surface area contributed by atoms with E-state index in [-0.39, 0.29) is 23.7 Å². The van der Waals surface area contributed by atoms with Gasteiger partial charge in [-0.25, -0.2) is 17.6 Å². The van der Waals surface area contributed by atoms with E-state index in [1.165, 1.54) is 0 Å². The van der Waals surface area contributed by atoms with Gasteiger partial charge in [-0.3, -0.25) is 4.79 Å². The number of hydrogen-bond acceptors (Lipinski definition) is 4. The minimum atomic E-state index is -4.04. The minimum Gasteiger partial charge on any atom is -0.480 e. The van der Waals surface area contributed by atoms with Crippen molar-refractivity contribution in [2.45, 2.75) is 50.6 Å². The molecule has 140 valence electrons. The molecule has 0 aromatic heterocycles. The first-order valence-electron chi connectivity index (χ1n) is 7.88. The molecule has 2 unspecified atom stereocenters. The highest BCUT2D eigenvalue weighted by Gasteiger charge is 2.28. The first-order valence-corrected chi connectivity index (χ1v) is 9.36. The number of benzene rings is 1. The molecule has 1 aromatic rings. The lowest BCUT2D eigenvalue weighted by Crippen LogP contribution is -2.51. The lowest BCUT2D eigenvalue weighted by Gasteiger charge is -2.21. The molecular weight excluding hydrogens is 351 g/mol. The zero-order valence-corrected chi connectivity index (χ0v) is 15.1. The average molecular weight is 374 g/mol. The van der Waals surface area contributed by atoms with Crippen LogP contribution in [0, 0.1) is 11.7 Å². The van der Waals surface area contributed by atoms with Gasteiger partial charge in [0.2, 0.25) is 15.9 Å².